The molecule has 0 aliphatic carbocycles. The van der Waals surface area contributed by atoms with E-state index in [1.165, 1.54) is 84.2 Å². The highest BCUT2D eigenvalue weighted by Gasteiger charge is 2.19. The zero-order valence-electron chi connectivity index (χ0n) is 17.6. The van der Waals surface area contributed by atoms with E-state index in [-0.39, 0.29) is 0 Å². The van der Waals surface area contributed by atoms with Crippen molar-refractivity contribution in [1.82, 2.24) is 20.4 Å². The third kappa shape index (κ3) is 8.26. The van der Waals surface area contributed by atoms with E-state index in [4.69, 9.17) is 4.99 Å². The van der Waals surface area contributed by atoms with Gasteiger partial charge < -0.3 is 20.4 Å². The molecule has 2 N–H and O–H groups in total. The first kappa shape index (κ1) is 21.5. The van der Waals surface area contributed by atoms with Gasteiger partial charge in [-0.15, -0.1) is 0 Å². The van der Waals surface area contributed by atoms with Gasteiger partial charge in [0.05, 0.1) is 0 Å². The molecule has 0 aromatic heterocycles. The maximum absolute atomic E-state index is 4.82. The van der Waals surface area contributed by atoms with Gasteiger partial charge in [-0.25, -0.2) is 0 Å². The van der Waals surface area contributed by atoms with Crippen molar-refractivity contribution in [2.24, 2.45) is 10.9 Å². The number of nitrogens with one attached hydrogen (secondary N) is 2. The molecule has 2 aliphatic rings. The van der Waals surface area contributed by atoms with E-state index in [9.17, 15) is 0 Å². The van der Waals surface area contributed by atoms with Crippen LogP contribution in [0.5, 0.6) is 0 Å². The molecule has 26 heavy (non-hydrogen) atoms. The summed E-state index contributed by atoms with van der Waals surface area (Å²) in [6.45, 7) is 16.2. The van der Waals surface area contributed by atoms with E-state index >= 15 is 0 Å². The average Bonchev–Trinajstić information content (AvgIpc) is 2.65. The van der Waals surface area contributed by atoms with Crippen molar-refractivity contribution in [3.63, 3.8) is 0 Å². The van der Waals surface area contributed by atoms with Crippen molar-refractivity contribution in [2.45, 2.75) is 71.8 Å². The summed E-state index contributed by atoms with van der Waals surface area (Å²) in [6, 6.07) is 0.580. The number of piperidine rings is 2. The van der Waals surface area contributed by atoms with E-state index in [2.05, 4.69) is 41.2 Å². The summed E-state index contributed by atoms with van der Waals surface area (Å²) < 4.78 is 0. The fourth-order valence-corrected chi connectivity index (χ4v) is 4.05. The molecule has 0 radical (unpaired) electrons. The fourth-order valence-electron chi connectivity index (χ4n) is 4.05. The molecule has 0 amide bonds. The van der Waals surface area contributed by atoms with Gasteiger partial charge in [-0.1, -0.05) is 13.8 Å². The first-order valence-corrected chi connectivity index (χ1v) is 11.2. The topological polar surface area (TPSA) is 42.9 Å². The van der Waals surface area contributed by atoms with E-state index in [1.807, 2.05) is 0 Å². The molecule has 2 aliphatic heterocycles. The highest BCUT2D eigenvalue weighted by molar-refractivity contribution is 5.80. The number of rotatable bonds is 9. The molecule has 0 saturated carbocycles. The zero-order chi connectivity index (χ0) is 18.6. The lowest BCUT2D eigenvalue weighted by atomic mass is 9.99. The second-order valence-electron chi connectivity index (χ2n) is 8.25. The molecule has 0 unspecified atom stereocenters. The van der Waals surface area contributed by atoms with Crippen LogP contribution in [0.3, 0.4) is 0 Å². The predicted molar refractivity (Wildman–Crippen MR) is 113 cm³/mol. The monoisotopic (exact) mass is 365 g/mol. The first-order valence-electron chi connectivity index (χ1n) is 11.2. The van der Waals surface area contributed by atoms with Gasteiger partial charge in [-0.2, -0.15) is 0 Å². The van der Waals surface area contributed by atoms with Crippen molar-refractivity contribution < 1.29 is 0 Å². The number of likely N-dealkylation sites (tertiary alicyclic amines) is 2. The molecule has 0 spiro atoms. The van der Waals surface area contributed by atoms with Crippen molar-refractivity contribution >= 4 is 5.96 Å². The van der Waals surface area contributed by atoms with Gasteiger partial charge in [0, 0.05) is 32.2 Å². The van der Waals surface area contributed by atoms with Crippen LogP contribution in [-0.2, 0) is 0 Å². The van der Waals surface area contributed by atoms with Gasteiger partial charge in [0.15, 0.2) is 5.96 Å². The summed E-state index contributed by atoms with van der Waals surface area (Å²) in [5.74, 6) is 1.95. The lowest BCUT2D eigenvalue weighted by molar-refractivity contribution is 0.190. The highest BCUT2D eigenvalue weighted by atomic mass is 15.2. The van der Waals surface area contributed by atoms with Crippen LogP contribution in [0, 0.1) is 5.92 Å². The van der Waals surface area contributed by atoms with Crippen LogP contribution in [-0.4, -0.2) is 74.2 Å². The molecule has 2 heterocycles. The first-order chi connectivity index (χ1) is 12.7. The minimum absolute atomic E-state index is 0.580. The molecule has 0 bridgehead atoms. The average molecular weight is 366 g/mol. The van der Waals surface area contributed by atoms with Crippen LogP contribution in [0.4, 0.5) is 0 Å². The molecule has 5 heteroatoms. The number of hydrogen-bond donors (Lipinski definition) is 2. The second kappa shape index (κ2) is 12.6. The number of aliphatic imine (C=N–C) groups is 1. The maximum Gasteiger partial charge on any atom is 0.191 e. The third-order valence-electron chi connectivity index (χ3n) is 5.84. The quantitative estimate of drug-likeness (QED) is 0.375. The summed E-state index contributed by atoms with van der Waals surface area (Å²) >= 11 is 0. The van der Waals surface area contributed by atoms with E-state index < -0.39 is 0 Å². The summed E-state index contributed by atoms with van der Waals surface area (Å²) in [5, 5.41) is 7.09. The minimum Gasteiger partial charge on any atom is -0.357 e. The van der Waals surface area contributed by atoms with Gasteiger partial charge in [0.2, 0.25) is 0 Å². The zero-order valence-corrected chi connectivity index (χ0v) is 17.6. The highest BCUT2D eigenvalue weighted by Crippen LogP contribution is 2.16. The molecular weight excluding hydrogens is 322 g/mol. The SMILES string of the molecule is CCCN1CCC(NC(=NCCCCN2CCC(C)CC2)NCC)CC1. The van der Waals surface area contributed by atoms with E-state index in [1.54, 1.807) is 0 Å². The smallest absolute Gasteiger partial charge is 0.191 e. The molecular formula is C21H43N5. The van der Waals surface area contributed by atoms with Crippen molar-refractivity contribution in [2.75, 3.05) is 52.4 Å². The maximum atomic E-state index is 4.82. The lowest BCUT2D eigenvalue weighted by Gasteiger charge is -2.32. The lowest BCUT2D eigenvalue weighted by Crippen LogP contribution is -2.48. The van der Waals surface area contributed by atoms with Gasteiger partial charge in [-0.05, 0) is 84.0 Å². The Morgan fingerprint density at radius 1 is 0.923 bits per heavy atom. The molecule has 0 atom stereocenters. The Morgan fingerprint density at radius 3 is 2.23 bits per heavy atom. The fraction of sp³-hybridized carbons (Fsp3) is 0.952. The molecule has 5 nitrogen and oxygen atoms in total. The van der Waals surface area contributed by atoms with Crippen LogP contribution < -0.4 is 10.6 Å². The summed E-state index contributed by atoms with van der Waals surface area (Å²) in [4.78, 5) is 10.0. The summed E-state index contributed by atoms with van der Waals surface area (Å²) in [7, 11) is 0. The van der Waals surface area contributed by atoms with Crippen LogP contribution in [0.2, 0.25) is 0 Å². The second-order valence-corrected chi connectivity index (χ2v) is 8.25. The molecule has 2 fully saturated rings. The minimum atomic E-state index is 0.580. The number of unbranched alkanes of at least 4 members (excludes halogenated alkanes) is 1. The van der Waals surface area contributed by atoms with E-state index in [0.29, 0.717) is 6.04 Å². The van der Waals surface area contributed by atoms with E-state index in [0.717, 1.165) is 25.0 Å². The Morgan fingerprint density at radius 2 is 1.58 bits per heavy atom. The molecule has 2 rings (SSSR count). The molecule has 2 saturated heterocycles. The van der Waals surface area contributed by atoms with Gasteiger partial charge in [0.25, 0.3) is 0 Å². The predicted octanol–water partition coefficient (Wildman–Crippen LogP) is 2.93. The normalized spacial score (nSPS) is 21.9. The number of nitrogens with zero attached hydrogens (tertiary/aromatic N) is 3. The van der Waals surface area contributed by atoms with Crippen LogP contribution in [0.1, 0.15) is 65.7 Å². The Hall–Kier alpha value is -0.810. The van der Waals surface area contributed by atoms with Gasteiger partial charge in [-0.3, -0.25) is 4.99 Å². The summed E-state index contributed by atoms with van der Waals surface area (Å²) in [6.07, 6.45) is 8.95. The molecule has 0 aromatic rings. The van der Waals surface area contributed by atoms with Crippen molar-refractivity contribution in [3.8, 4) is 0 Å². The Balaban J connectivity index is 1.61. The van der Waals surface area contributed by atoms with Gasteiger partial charge >= 0.3 is 0 Å². The Labute approximate surface area is 162 Å². The largest absolute Gasteiger partial charge is 0.357 e. The van der Waals surface area contributed by atoms with Gasteiger partial charge in [0.1, 0.15) is 0 Å². The summed E-state index contributed by atoms with van der Waals surface area (Å²) in [5.41, 5.74) is 0. The third-order valence-corrected chi connectivity index (χ3v) is 5.84. The Bertz CT molecular complexity index is 382. The van der Waals surface area contributed by atoms with Crippen molar-refractivity contribution in [3.05, 3.63) is 0 Å². The molecule has 0 aromatic carbocycles. The van der Waals surface area contributed by atoms with Crippen LogP contribution in [0.15, 0.2) is 4.99 Å². The van der Waals surface area contributed by atoms with Crippen LogP contribution >= 0.6 is 0 Å². The Kier molecular flexibility index (Phi) is 10.4. The standard InChI is InChI=1S/C21H43N5/c1-4-13-25-17-10-20(11-18-25)24-21(22-5-2)23-12-6-7-14-26-15-8-19(3)9-16-26/h19-20H,4-18H2,1-3H3,(H2,22,23,24). The number of guanidine groups is 1. The van der Waals surface area contributed by atoms with Crippen LogP contribution in [0.25, 0.3) is 0 Å². The molecule has 152 valence electrons. The van der Waals surface area contributed by atoms with Crippen molar-refractivity contribution in [1.29, 1.82) is 0 Å². The number of hydrogen-bond acceptors (Lipinski definition) is 3.